The Labute approximate surface area is 72.6 Å². The maximum Gasteiger partial charge on any atom is 0.348 e. The van der Waals surface area contributed by atoms with Gasteiger partial charge >= 0.3 is 5.97 Å². The first-order valence-corrected chi connectivity index (χ1v) is 3.99. The highest BCUT2D eigenvalue weighted by Crippen LogP contribution is 2.02. The van der Waals surface area contributed by atoms with Gasteiger partial charge in [0, 0.05) is 5.57 Å². The summed E-state index contributed by atoms with van der Waals surface area (Å²) in [7, 11) is 0. The van der Waals surface area contributed by atoms with Crippen LogP contribution in [0.25, 0.3) is 0 Å². The zero-order chi connectivity index (χ0) is 9.40. The molecular weight excluding hydrogens is 154 g/mol. The average molecular weight is 167 g/mol. The van der Waals surface area contributed by atoms with Crippen LogP contribution in [-0.4, -0.2) is 5.97 Å². The smallest absolute Gasteiger partial charge is 0.347 e. The van der Waals surface area contributed by atoms with E-state index < -0.39 is 5.97 Å². The minimum Gasteiger partial charge on any atom is -0.347 e. The maximum absolute atomic E-state index is 10.8. The molecule has 0 rings (SSSR count). The summed E-state index contributed by atoms with van der Waals surface area (Å²) >= 11 is 0. The molecule has 3 nitrogen and oxygen atoms in total. The van der Waals surface area contributed by atoms with E-state index in [0.29, 0.717) is 5.57 Å². The second-order valence-corrected chi connectivity index (χ2v) is 2.51. The molecule has 0 aliphatic rings. The highest BCUT2D eigenvalue weighted by molar-refractivity contribution is 5.88. The molecule has 0 saturated carbocycles. The van der Waals surface area contributed by atoms with Gasteiger partial charge in [-0.2, -0.15) is 0 Å². The number of carbonyl (C=O) groups is 1. The van der Waals surface area contributed by atoms with Crippen molar-refractivity contribution < 1.29 is 9.53 Å². The Morgan fingerprint density at radius 1 is 1.67 bits per heavy atom. The molecule has 66 valence electrons. The Morgan fingerprint density at radius 2 is 2.33 bits per heavy atom. The van der Waals surface area contributed by atoms with Crippen LogP contribution >= 0.6 is 0 Å². The van der Waals surface area contributed by atoms with Crippen LogP contribution in [0.5, 0.6) is 0 Å². The predicted octanol–water partition coefficient (Wildman–Crippen LogP) is 2.15. The molecule has 0 saturated heterocycles. The van der Waals surface area contributed by atoms with Gasteiger partial charge in [0.15, 0.2) is 0 Å². The number of ether oxygens (including phenoxy) is 1. The molecule has 3 heteroatoms. The minimum atomic E-state index is -0.548. The van der Waals surface area contributed by atoms with Crippen LogP contribution in [-0.2, 0) is 9.53 Å². The van der Waals surface area contributed by atoms with E-state index in [2.05, 4.69) is 11.7 Å². The van der Waals surface area contributed by atoms with Gasteiger partial charge in [0.05, 0.1) is 0 Å². The molecule has 0 aliphatic heterocycles. The first-order chi connectivity index (χ1) is 5.72. The quantitative estimate of drug-likeness (QED) is 0.279. The molecule has 0 fully saturated rings. The van der Waals surface area contributed by atoms with Gasteiger partial charge in [0.25, 0.3) is 6.26 Å². The topological polar surface area (TPSA) is 50.1 Å². The lowest BCUT2D eigenvalue weighted by Crippen LogP contribution is -2.00. The van der Waals surface area contributed by atoms with Gasteiger partial charge in [-0.1, -0.05) is 25.8 Å². The lowest BCUT2D eigenvalue weighted by Gasteiger charge is -1.94. The SMILES string of the molecule is CCCCC=C(C)C(=O)OC#N. The summed E-state index contributed by atoms with van der Waals surface area (Å²) in [5.74, 6) is -0.548. The van der Waals surface area contributed by atoms with Crippen molar-refractivity contribution in [3.63, 3.8) is 0 Å². The number of esters is 1. The van der Waals surface area contributed by atoms with Gasteiger partial charge in [-0.3, -0.25) is 0 Å². The van der Waals surface area contributed by atoms with Crippen molar-refractivity contribution in [1.29, 1.82) is 5.26 Å². The summed E-state index contributed by atoms with van der Waals surface area (Å²) in [4.78, 5) is 10.8. The number of nitriles is 1. The van der Waals surface area contributed by atoms with Crippen LogP contribution in [0.2, 0.25) is 0 Å². The lowest BCUT2D eigenvalue weighted by molar-refractivity contribution is -0.132. The van der Waals surface area contributed by atoms with E-state index in [-0.39, 0.29) is 0 Å². The molecule has 0 aromatic carbocycles. The van der Waals surface area contributed by atoms with Crippen LogP contribution in [0.15, 0.2) is 11.6 Å². The number of hydrogen-bond donors (Lipinski definition) is 0. The molecule has 12 heavy (non-hydrogen) atoms. The highest BCUT2D eigenvalue weighted by Gasteiger charge is 2.03. The molecule has 0 N–H and O–H groups in total. The van der Waals surface area contributed by atoms with Crippen molar-refractivity contribution in [2.45, 2.75) is 33.1 Å². The molecular formula is C9H13NO2. The first kappa shape index (κ1) is 10.7. The van der Waals surface area contributed by atoms with Crippen molar-refractivity contribution in [2.75, 3.05) is 0 Å². The minimum absolute atomic E-state index is 0.505. The molecule has 0 spiro atoms. The van der Waals surface area contributed by atoms with E-state index >= 15 is 0 Å². The van der Waals surface area contributed by atoms with Gasteiger partial charge in [0.1, 0.15) is 0 Å². The average Bonchev–Trinajstić information content (AvgIpc) is 2.05. The summed E-state index contributed by atoms with van der Waals surface area (Å²) in [5.41, 5.74) is 0.505. The van der Waals surface area contributed by atoms with Crippen LogP contribution in [0, 0.1) is 11.5 Å². The van der Waals surface area contributed by atoms with Crippen LogP contribution in [0.4, 0.5) is 0 Å². The van der Waals surface area contributed by atoms with Gasteiger partial charge in [-0.25, -0.2) is 4.79 Å². The summed E-state index contributed by atoms with van der Waals surface area (Å²) in [6.07, 6.45) is 6.15. The third-order valence-corrected chi connectivity index (χ3v) is 1.47. The molecule has 0 unspecified atom stereocenters. The van der Waals surface area contributed by atoms with E-state index in [4.69, 9.17) is 5.26 Å². The summed E-state index contributed by atoms with van der Waals surface area (Å²) < 4.78 is 4.13. The molecule has 0 aromatic heterocycles. The van der Waals surface area contributed by atoms with E-state index in [1.807, 2.05) is 0 Å². The third-order valence-electron chi connectivity index (χ3n) is 1.47. The Bertz CT molecular complexity index is 213. The number of rotatable bonds is 4. The summed E-state index contributed by atoms with van der Waals surface area (Å²) in [6, 6.07) is 0. The fraction of sp³-hybridized carbons (Fsp3) is 0.556. The molecule has 0 amide bonds. The Hall–Kier alpha value is -1.30. The monoisotopic (exact) mass is 167 g/mol. The summed E-state index contributed by atoms with van der Waals surface area (Å²) in [6.45, 7) is 3.73. The van der Waals surface area contributed by atoms with Crippen molar-refractivity contribution in [3.05, 3.63) is 11.6 Å². The van der Waals surface area contributed by atoms with Crippen molar-refractivity contribution in [3.8, 4) is 6.26 Å². The first-order valence-electron chi connectivity index (χ1n) is 3.99. The second-order valence-electron chi connectivity index (χ2n) is 2.51. The predicted molar refractivity (Wildman–Crippen MR) is 45.0 cm³/mol. The van der Waals surface area contributed by atoms with E-state index in [9.17, 15) is 4.79 Å². The number of allylic oxidation sites excluding steroid dienone is 1. The highest BCUT2D eigenvalue weighted by atomic mass is 16.5. The second kappa shape index (κ2) is 6.41. The fourth-order valence-corrected chi connectivity index (χ4v) is 0.728. The Kier molecular flexibility index (Phi) is 5.72. The Balaban J connectivity index is 3.84. The largest absolute Gasteiger partial charge is 0.348 e. The number of nitrogens with zero attached hydrogens (tertiary/aromatic N) is 1. The molecule has 0 heterocycles. The van der Waals surface area contributed by atoms with E-state index in [1.165, 1.54) is 6.26 Å². The fourth-order valence-electron chi connectivity index (χ4n) is 0.728. The van der Waals surface area contributed by atoms with Crippen molar-refractivity contribution in [2.24, 2.45) is 0 Å². The van der Waals surface area contributed by atoms with Crippen LogP contribution in [0.1, 0.15) is 33.1 Å². The van der Waals surface area contributed by atoms with E-state index in [1.54, 1.807) is 13.0 Å². The third kappa shape index (κ3) is 4.51. The molecule has 0 aliphatic carbocycles. The van der Waals surface area contributed by atoms with Gasteiger partial charge in [-0.05, 0) is 13.3 Å². The lowest BCUT2D eigenvalue weighted by atomic mass is 10.2. The normalized spacial score (nSPS) is 10.6. The van der Waals surface area contributed by atoms with Crippen molar-refractivity contribution in [1.82, 2.24) is 0 Å². The van der Waals surface area contributed by atoms with Crippen LogP contribution in [0.3, 0.4) is 0 Å². The zero-order valence-electron chi connectivity index (χ0n) is 7.46. The Morgan fingerprint density at radius 3 is 2.83 bits per heavy atom. The van der Waals surface area contributed by atoms with Crippen molar-refractivity contribution >= 4 is 5.97 Å². The van der Waals surface area contributed by atoms with Gasteiger partial charge in [0.2, 0.25) is 0 Å². The van der Waals surface area contributed by atoms with Crippen LogP contribution < -0.4 is 0 Å². The number of carbonyl (C=O) groups excluding carboxylic acids is 1. The molecule has 0 aromatic rings. The van der Waals surface area contributed by atoms with Gasteiger partial charge < -0.3 is 4.74 Å². The number of unbranched alkanes of at least 4 members (excludes halogenated alkanes) is 2. The standard InChI is InChI=1S/C9H13NO2/c1-3-4-5-6-8(2)9(11)12-7-10/h6H,3-5H2,1-2H3. The zero-order valence-corrected chi connectivity index (χ0v) is 7.46. The van der Waals surface area contributed by atoms with Gasteiger partial charge in [-0.15, -0.1) is 5.26 Å². The number of hydrogen-bond acceptors (Lipinski definition) is 3. The summed E-state index contributed by atoms with van der Waals surface area (Å²) in [5, 5.41) is 8.04. The maximum atomic E-state index is 10.8. The van der Waals surface area contributed by atoms with E-state index in [0.717, 1.165) is 19.3 Å². The molecule has 0 radical (unpaired) electrons. The molecule has 0 atom stereocenters. The molecule has 0 bridgehead atoms.